The van der Waals surface area contributed by atoms with Crippen molar-refractivity contribution in [3.05, 3.63) is 0 Å². The molecule has 1 aliphatic heterocycles. The van der Waals surface area contributed by atoms with E-state index in [1.165, 1.54) is 0 Å². The van der Waals surface area contributed by atoms with E-state index in [-0.39, 0.29) is 0 Å². The van der Waals surface area contributed by atoms with Crippen molar-refractivity contribution in [1.29, 1.82) is 5.26 Å². The quantitative estimate of drug-likeness (QED) is 0.447. The normalized spacial score (nSPS) is 18.6. The Labute approximate surface area is 72.7 Å². The third-order valence-electron chi connectivity index (χ3n) is 1.89. The van der Waals surface area contributed by atoms with E-state index in [9.17, 15) is 0 Å². The van der Waals surface area contributed by atoms with Crippen LogP contribution in [-0.2, 0) is 9.47 Å². The zero-order valence-electron chi connectivity index (χ0n) is 7.16. The number of rotatable bonds is 4. The summed E-state index contributed by atoms with van der Waals surface area (Å²) >= 11 is 0. The molecular weight excluding hydrogens is 156 g/mol. The molecule has 0 N–H and O–H groups in total. The van der Waals surface area contributed by atoms with Crippen LogP contribution in [0.2, 0.25) is 0 Å². The van der Waals surface area contributed by atoms with Crippen molar-refractivity contribution in [2.45, 2.75) is 6.42 Å². The molecule has 0 aromatic rings. The number of hydrogen-bond acceptors (Lipinski definition) is 4. The van der Waals surface area contributed by atoms with E-state index in [4.69, 9.17) is 10.00 Å². The fraction of sp³-hybridized carbons (Fsp3) is 0.875. The van der Waals surface area contributed by atoms with Crippen molar-refractivity contribution in [2.24, 2.45) is 0 Å². The van der Waals surface area contributed by atoms with Crippen LogP contribution in [-0.4, -0.2) is 44.4 Å². The van der Waals surface area contributed by atoms with Crippen LogP contribution < -0.4 is 0 Å². The standard InChI is InChI=1S/C8H14N2O2/c9-8-12-5-1-2-10-3-6-11-7-4-10/h1-7H2. The molecule has 0 amide bonds. The number of ether oxygens (including phenoxy) is 2. The fourth-order valence-electron chi connectivity index (χ4n) is 1.23. The Morgan fingerprint density at radius 3 is 2.83 bits per heavy atom. The van der Waals surface area contributed by atoms with Gasteiger partial charge in [-0.05, 0) is 6.42 Å². The maximum Gasteiger partial charge on any atom is 0.286 e. The van der Waals surface area contributed by atoms with Crippen molar-refractivity contribution in [3.8, 4) is 6.26 Å². The van der Waals surface area contributed by atoms with Crippen LogP contribution in [0.5, 0.6) is 0 Å². The highest BCUT2D eigenvalue weighted by Crippen LogP contribution is 1.97. The van der Waals surface area contributed by atoms with E-state index in [0.717, 1.165) is 39.3 Å². The molecule has 0 unspecified atom stereocenters. The molecule has 0 bridgehead atoms. The molecule has 1 fully saturated rings. The van der Waals surface area contributed by atoms with Crippen LogP contribution in [0.1, 0.15) is 6.42 Å². The van der Waals surface area contributed by atoms with E-state index in [2.05, 4.69) is 9.64 Å². The first-order valence-electron chi connectivity index (χ1n) is 4.24. The van der Waals surface area contributed by atoms with Gasteiger partial charge in [0.05, 0.1) is 13.2 Å². The average Bonchev–Trinajstić information content (AvgIpc) is 2.14. The van der Waals surface area contributed by atoms with Crippen molar-refractivity contribution < 1.29 is 9.47 Å². The minimum absolute atomic E-state index is 0.536. The summed E-state index contributed by atoms with van der Waals surface area (Å²) in [5.74, 6) is 0. The molecule has 0 atom stereocenters. The lowest BCUT2D eigenvalue weighted by atomic mass is 10.3. The van der Waals surface area contributed by atoms with Crippen LogP contribution in [0.15, 0.2) is 0 Å². The van der Waals surface area contributed by atoms with Gasteiger partial charge in [-0.2, -0.15) is 5.26 Å². The molecule has 12 heavy (non-hydrogen) atoms. The number of morpholine rings is 1. The van der Waals surface area contributed by atoms with Crippen molar-refractivity contribution in [3.63, 3.8) is 0 Å². The molecule has 1 aliphatic rings. The van der Waals surface area contributed by atoms with Gasteiger partial charge in [-0.15, -0.1) is 0 Å². The smallest absolute Gasteiger partial charge is 0.286 e. The summed E-state index contributed by atoms with van der Waals surface area (Å²) in [5, 5.41) is 8.10. The Morgan fingerprint density at radius 2 is 2.17 bits per heavy atom. The topological polar surface area (TPSA) is 45.5 Å². The highest BCUT2D eigenvalue weighted by atomic mass is 16.5. The van der Waals surface area contributed by atoms with Gasteiger partial charge >= 0.3 is 0 Å². The van der Waals surface area contributed by atoms with E-state index in [0.29, 0.717) is 6.61 Å². The molecule has 4 heteroatoms. The lowest BCUT2D eigenvalue weighted by Gasteiger charge is -2.26. The molecule has 0 aliphatic carbocycles. The number of nitriles is 1. The monoisotopic (exact) mass is 170 g/mol. The van der Waals surface area contributed by atoms with Gasteiger partial charge in [0.1, 0.15) is 6.61 Å². The predicted octanol–water partition coefficient (Wildman–Crippen LogP) is 0.206. The highest BCUT2D eigenvalue weighted by molar-refractivity contribution is 4.61. The molecule has 1 rings (SSSR count). The van der Waals surface area contributed by atoms with E-state index in [1.54, 1.807) is 6.26 Å². The molecule has 1 heterocycles. The third-order valence-corrected chi connectivity index (χ3v) is 1.89. The van der Waals surface area contributed by atoms with Gasteiger partial charge in [-0.1, -0.05) is 0 Å². The van der Waals surface area contributed by atoms with Crippen LogP contribution in [0.4, 0.5) is 0 Å². The van der Waals surface area contributed by atoms with E-state index < -0.39 is 0 Å². The van der Waals surface area contributed by atoms with E-state index in [1.807, 2.05) is 0 Å². The Balaban J connectivity index is 1.95. The minimum atomic E-state index is 0.536. The molecule has 0 radical (unpaired) electrons. The second-order valence-electron chi connectivity index (χ2n) is 2.75. The maximum atomic E-state index is 8.10. The largest absolute Gasteiger partial charge is 0.427 e. The lowest BCUT2D eigenvalue weighted by Crippen LogP contribution is -2.37. The van der Waals surface area contributed by atoms with Gasteiger partial charge in [0.25, 0.3) is 6.26 Å². The molecule has 4 nitrogen and oxygen atoms in total. The van der Waals surface area contributed by atoms with Crippen molar-refractivity contribution in [2.75, 3.05) is 39.5 Å². The summed E-state index contributed by atoms with van der Waals surface area (Å²) in [5.41, 5.74) is 0. The van der Waals surface area contributed by atoms with Gasteiger partial charge in [0.15, 0.2) is 0 Å². The molecule has 0 aromatic heterocycles. The SMILES string of the molecule is N#COCCCN1CCOCC1. The summed E-state index contributed by atoms with van der Waals surface area (Å²) in [7, 11) is 0. The number of nitrogens with zero attached hydrogens (tertiary/aromatic N) is 2. The van der Waals surface area contributed by atoms with Crippen LogP contribution in [0.25, 0.3) is 0 Å². The average molecular weight is 170 g/mol. The summed E-state index contributed by atoms with van der Waals surface area (Å²) in [4.78, 5) is 2.32. The van der Waals surface area contributed by atoms with Crippen molar-refractivity contribution in [1.82, 2.24) is 4.90 Å². The van der Waals surface area contributed by atoms with Crippen LogP contribution in [0, 0.1) is 11.5 Å². The Bertz CT molecular complexity index is 150. The molecule has 1 saturated heterocycles. The van der Waals surface area contributed by atoms with E-state index >= 15 is 0 Å². The zero-order chi connectivity index (χ0) is 8.65. The zero-order valence-corrected chi connectivity index (χ0v) is 7.16. The Morgan fingerprint density at radius 1 is 1.42 bits per heavy atom. The molecule has 0 aromatic carbocycles. The van der Waals surface area contributed by atoms with Gasteiger partial charge in [0, 0.05) is 19.6 Å². The van der Waals surface area contributed by atoms with Crippen LogP contribution >= 0.6 is 0 Å². The Kier molecular flexibility index (Phi) is 4.50. The van der Waals surface area contributed by atoms with Crippen LogP contribution in [0.3, 0.4) is 0 Å². The number of hydrogen-bond donors (Lipinski definition) is 0. The van der Waals surface area contributed by atoms with Gasteiger partial charge < -0.3 is 9.47 Å². The lowest BCUT2D eigenvalue weighted by molar-refractivity contribution is 0.0352. The first kappa shape index (κ1) is 9.30. The third kappa shape index (κ3) is 3.56. The summed E-state index contributed by atoms with van der Waals surface area (Å²) in [6.07, 6.45) is 2.59. The predicted molar refractivity (Wildman–Crippen MR) is 43.4 cm³/mol. The van der Waals surface area contributed by atoms with Crippen molar-refractivity contribution >= 4 is 0 Å². The van der Waals surface area contributed by atoms with Gasteiger partial charge in [0.2, 0.25) is 0 Å². The second kappa shape index (κ2) is 5.81. The summed E-state index contributed by atoms with van der Waals surface area (Å²) in [6.45, 7) is 5.22. The Hall–Kier alpha value is -0.790. The highest BCUT2D eigenvalue weighted by Gasteiger charge is 2.08. The summed E-state index contributed by atoms with van der Waals surface area (Å²) in [6, 6.07) is 0. The molecule has 0 spiro atoms. The maximum absolute atomic E-state index is 8.10. The first-order valence-corrected chi connectivity index (χ1v) is 4.24. The van der Waals surface area contributed by atoms with Gasteiger partial charge in [-0.3, -0.25) is 4.90 Å². The summed E-state index contributed by atoms with van der Waals surface area (Å²) < 4.78 is 9.77. The second-order valence-corrected chi connectivity index (χ2v) is 2.75. The molecule has 0 saturated carbocycles. The van der Waals surface area contributed by atoms with Gasteiger partial charge in [-0.25, -0.2) is 0 Å². The molecule has 68 valence electrons. The minimum Gasteiger partial charge on any atom is -0.427 e. The molecular formula is C8H14N2O2. The fourth-order valence-corrected chi connectivity index (χ4v) is 1.23. The first-order chi connectivity index (χ1) is 5.93.